The summed E-state index contributed by atoms with van der Waals surface area (Å²) in [6, 6.07) is 6.07. The van der Waals surface area contributed by atoms with Gasteiger partial charge in [-0.2, -0.15) is 0 Å². The van der Waals surface area contributed by atoms with Crippen molar-refractivity contribution < 1.29 is 14.2 Å². The molecular weight excluding hydrogens is 254 g/mol. The van der Waals surface area contributed by atoms with Gasteiger partial charge in [0, 0.05) is 24.8 Å². The van der Waals surface area contributed by atoms with Crippen molar-refractivity contribution in [2.45, 2.75) is 38.8 Å². The second-order valence-corrected chi connectivity index (χ2v) is 5.11. The second kappa shape index (κ2) is 8.12. The van der Waals surface area contributed by atoms with Gasteiger partial charge in [-0.3, -0.25) is 0 Å². The van der Waals surface area contributed by atoms with Crippen LogP contribution in [0.5, 0.6) is 11.5 Å². The third-order valence-electron chi connectivity index (χ3n) is 3.29. The van der Waals surface area contributed by atoms with Crippen molar-refractivity contribution in [1.29, 1.82) is 0 Å². The minimum atomic E-state index is 0.154. The van der Waals surface area contributed by atoms with Gasteiger partial charge in [0.1, 0.15) is 17.6 Å². The van der Waals surface area contributed by atoms with Crippen molar-refractivity contribution in [3.63, 3.8) is 0 Å². The normalized spacial score (nSPS) is 18.8. The van der Waals surface area contributed by atoms with Crippen LogP contribution in [0, 0.1) is 0 Å². The molecule has 0 aliphatic carbocycles. The van der Waals surface area contributed by atoms with Crippen LogP contribution < -0.4 is 14.8 Å². The summed E-state index contributed by atoms with van der Waals surface area (Å²) in [7, 11) is 1.94. The molecule has 0 amide bonds. The van der Waals surface area contributed by atoms with Crippen LogP contribution in [0.1, 0.15) is 31.7 Å². The number of benzene rings is 1. The minimum Gasteiger partial charge on any atom is -0.493 e. The van der Waals surface area contributed by atoms with Gasteiger partial charge in [-0.25, -0.2) is 0 Å². The highest BCUT2D eigenvalue weighted by Crippen LogP contribution is 2.27. The Kier molecular flexibility index (Phi) is 6.15. The first-order chi connectivity index (χ1) is 9.83. The molecule has 0 radical (unpaired) electrons. The minimum absolute atomic E-state index is 0.154. The maximum absolute atomic E-state index is 6.11. The van der Waals surface area contributed by atoms with E-state index in [1.807, 2.05) is 19.2 Å². The summed E-state index contributed by atoms with van der Waals surface area (Å²) in [5.74, 6) is 1.78. The maximum Gasteiger partial charge on any atom is 0.128 e. The van der Waals surface area contributed by atoms with Crippen molar-refractivity contribution >= 4 is 0 Å². The van der Waals surface area contributed by atoms with E-state index in [1.165, 1.54) is 0 Å². The molecule has 1 heterocycles. The molecule has 1 fully saturated rings. The van der Waals surface area contributed by atoms with Crippen LogP contribution in [0.2, 0.25) is 0 Å². The Balaban J connectivity index is 2.08. The number of hydrogen-bond acceptors (Lipinski definition) is 4. The molecule has 1 atom stereocenters. The first-order valence-electron chi connectivity index (χ1n) is 7.48. The zero-order valence-electron chi connectivity index (χ0n) is 12.5. The SMILES string of the molecule is CCCOc1ccc(CNC)c(OC2CCCOC2)c1. The Morgan fingerprint density at radius 3 is 3.00 bits per heavy atom. The van der Waals surface area contributed by atoms with Crippen molar-refractivity contribution in [1.82, 2.24) is 5.32 Å². The molecule has 1 N–H and O–H groups in total. The lowest BCUT2D eigenvalue weighted by Crippen LogP contribution is -2.28. The fourth-order valence-electron chi connectivity index (χ4n) is 2.27. The summed E-state index contributed by atoms with van der Waals surface area (Å²) >= 11 is 0. The topological polar surface area (TPSA) is 39.7 Å². The van der Waals surface area contributed by atoms with Gasteiger partial charge in [-0.05, 0) is 32.4 Å². The molecule has 4 heteroatoms. The van der Waals surface area contributed by atoms with Gasteiger partial charge in [0.05, 0.1) is 13.2 Å². The average molecular weight is 279 g/mol. The molecular formula is C16H25NO3. The molecule has 4 nitrogen and oxygen atoms in total. The standard InChI is InChI=1S/C16H25NO3/c1-3-8-19-14-7-6-13(11-17-2)16(10-14)20-15-5-4-9-18-12-15/h6-7,10,15,17H,3-5,8-9,11-12H2,1-2H3. The highest BCUT2D eigenvalue weighted by atomic mass is 16.5. The first-order valence-corrected chi connectivity index (χ1v) is 7.48. The van der Waals surface area contributed by atoms with E-state index in [9.17, 15) is 0 Å². The number of hydrogen-bond donors (Lipinski definition) is 1. The monoisotopic (exact) mass is 279 g/mol. The van der Waals surface area contributed by atoms with E-state index in [4.69, 9.17) is 14.2 Å². The zero-order valence-corrected chi connectivity index (χ0v) is 12.5. The van der Waals surface area contributed by atoms with Gasteiger partial charge >= 0.3 is 0 Å². The summed E-state index contributed by atoms with van der Waals surface area (Å²) in [5.41, 5.74) is 1.15. The zero-order chi connectivity index (χ0) is 14.2. The van der Waals surface area contributed by atoms with E-state index in [2.05, 4.69) is 18.3 Å². The van der Waals surface area contributed by atoms with Gasteiger partial charge in [-0.1, -0.05) is 13.0 Å². The summed E-state index contributed by atoms with van der Waals surface area (Å²) in [6.07, 6.45) is 3.28. The van der Waals surface area contributed by atoms with Gasteiger partial charge in [-0.15, -0.1) is 0 Å². The lowest BCUT2D eigenvalue weighted by Gasteiger charge is -2.25. The second-order valence-electron chi connectivity index (χ2n) is 5.11. The van der Waals surface area contributed by atoms with E-state index < -0.39 is 0 Å². The predicted molar refractivity (Wildman–Crippen MR) is 79.5 cm³/mol. The summed E-state index contributed by atoms with van der Waals surface area (Å²) in [4.78, 5) is 0. The van der Waals surface area contributed by atoms with Crippen molar-refractivity contribution in [3.8, 4) is 11.5 Å². The van der Waals surface area contributed by atoms with E-state index >= 15 is 0 Å². The van der Waals surface area contributed by atoms with Crippen LogP contribution in [0.15, 0.2) is 18.2 Å². The molecule has 1 aliphatic rings. The number of rotatable bonds is 7. The Morgan fingerprint density at radius 2 is 2.30 bits per heavy atom. The van der Waals surface area contributed by atoms with Crippen LogP contribution in [0.25, 0.3) is 0 Å². The quantitative estimate of drug-likeness (QED) is 0.833. The van der Waals surface area contributed by atoms with Crippen LogP contribution in [-0.4, -0.2) is 33.0 Å². The first kappa shape index (κ1) is 15.1. The van der Waals surface area contributed by atoms with E-state index in [0.29, 0.717) is 6.61 Å². The van der Waals surface area contributed by atoms with Gasteiger partial charge in [0.15, 0.2) is 0 Å². The van der Waals surface area contributed by atoms with Crippen LogP contribution in [0.4, 0.5) is 0 Å². The summed E-state index contributed by atoms with van der Waals surface area (Å²) in [5, 5.41) is 3.17. The molecule has 2 rings (SSSR count). The fourth-order valence-corrected chi connectivity index (χ4v) is 2.27. The van der Waals surface area contributed by atoms with Crippen LogP contribution in [0.3, 0.4) is 0 Å². The highest BCUT2D eigenvalue weighted by Gasteiger charge is 2.17. The lowest BCUT2D eigenvalue weighted by atomic mass is 10.1. The smallest absolute Gasteiger partial charge is 0.128 e. The number of ether oxygens (including phenoxy) is 3. The van der Waals surface area contributed by atoms with Gasteiger partial charge < -0.3 is 19.5 Å². The predicted octanol–water partition coefficient (Wildman–Crippen LogP) is 2.75. The third kappa shape index (κ3) is 4.39. The van der Waals surface area contributed by atoms with Gasteiger partial charge in [0.25, 0.3) is 0 Å². The molecule has 0 spiro atoms. The van der Waals surface area contributed by atoms with E-state index in [-0.39, 0.29) is 6.10 Å². The molecule has 1 aliphatic heterocycles. The molecule has 1 aromatic carbocycles. The molecule has 1 unspecified atom stereocenters. The lowest BCUT2D eigenvalue weighted by molar-refractivity contribution is 0.00692. The number of nitrogens with one attached hydrogen (secondary N) is 1. The average Bonchev–Trinajstić information content (AvgIpc) is 2.49. The Hall–Kier alpha value is -1.26. The molecule has 112 valence electrons. The van der Waals surface area contributed by atoms with Crippen molar-refractivity contribution in [3.05, 3.63) is 23.8 Å². The van der Waals surface area contributed by atoms with Gasteiger partial charge in [0.2, 0.25) is 0 Å². The molecule has 0 aromatic heterocycles. The van der Waals surface area contributed by atoms with Crippen LogP contribution in [-0.2, 0) is 11.3 Å². The Bertz CT molecular complexity index is 403. The third-order valence-corrected chi connectivity index (χ3v) is 3.29. The van der Waals surface area contributed by atoms with Crippen LogP contribution >= 0.6 is 0 Å². The molecule has 1 saturated heterocycles. The largest absolute Gasteiger partial charge is 0.493 e. The Morgan fingerprint density at radius 1 is 1.40 bits per heavy atom. The summed E-state index contributed by atoms with van der Waals surface area (Å²) in [6.45, 7) is 5.16. The molecule has 1 aromatic rings. The fraction of sp³-hybridized carbons (Fsp3) is 0.625. The highest BCUT2D eigenvalue weighted by molar-refractivity contribution is 5.41. The van der Waals surface area contributed by atoms with Crippen molar-refractivity contribution in [2.75, 3.05) is 26.9 Å². The molecule has 0 bridgehead atoms. The van der Waals surface area contributed by atoms with E-state index in [0.717, 1.165) is 56.1 Å². The molecule has 0 saturated carbocycles. The van der Waals surface area contributed by atoms with E-state index in [1.54, 1.807) is 0 Å². The maximum atomic E-state index is 6.11. The molecule has 20 heavy (non-hydrogen) atoms. The van der Waals surface area contributed by atoms with Crippen molar-refractivity contribution in [2.24, 2.45) is 0 Å². The Labute approximate surface area is 121 Å². The summed E-state index contributed by atoms with van der Waals surface area (Å²) < 4.78 is 17.3.